The van der Waals surface area contributed by atoms with Crippen molar-refractivity contribution < 1.29 is 9.21 Å². The van der Waals surface area contributed by atoms with E-state index in [9.17, 15) is 4.79 Å². The number of halogens is 3. The SMILES string of the molecule is O=C(Cc1cc(Cl)ccc1Cl)c1ccoc1Br. The fourth-order valence-electron chi connectivity index (χ4n) is 1.44. The van der Waals surface area contributed by atoms with Gasteiger partial charge in [-0.05, 0) is 45.8 Å². The lowest BCUT2D eigenvalue weighted by atomic mass is 10.1. The third kappa shape index (κ3) is 2.92. The Labute approximate surface area is 117 Å². The molecular formula is C12H7BrCl2O2. The Morgan fingerprint density at radius 3 is 2.71 bits per heavy atom. The van der Waals surface area contributed by atoms with E-state index < -0.39 is 0 Å². The Balaban J connectivity index is 2.24. The first-order valence-corrected chi connectivity index (χ1v) is 6.33. The second-order valence-electron chi connectivity index (χ2n) is 3.44. The first-order valence-electron chi connectivity index (χ1n) is 4.78. The van der Waals surface area contributed by atoms with E-state index in [0.717, 1.165) is 0 Å². The molecule has 5 heteroatoms. The van der Waals surface area contributed by atoms with Crippen LogP contribution in [0.1, 0.15) is 15.9 Å². The predicted molar refractivity (Wildman–Crippen MR) is 70.9 cm³/mol. The molecule has 17 heavy (non-hydrogen) atoms. The minimum absolute atomic E-state index is 0.0743. The summed E-state index contributed by atoms with van der Waals surface area (Å²) in [5, 5.41) is 1.09. The lowest BCUT2D eigenvalue weighted by Crippen LogP contribution is -2.03. The summed E-state index contributed by atoms with van der Waals surface area (Å²) < 4.78 is 5.45. The van der Waals surface area contributed by atoms with Crippen LogP contribution in [0.3, 0.4) is 0 Å². The maximum Gasteiger partial charge on any atom is 0.179 e. The van der Waals surface area contributed by atoms with Crippen LogP contribution in [0.4, 0.5) is 0 Å². The lowest BCUT2D eigenvalue weighted by molar-refractivity contribution is 0.0991. The average Bonchev–Trinajstić information content (AvgIpc) is 2.70. The van der Waals surface area contributed by atoms with E-state index in [0.29, 0.717) is 25.8 Å². The van der Waals surface area contributed by atoms with Gasteiger partial charge in [0.2, 0.25) is 0 Å². The first-order chi connectivity index (χ1) is 8.08. The summed E-state index contributed by atoms with van der Waals surface area (Å²) in [5.74, 6) is -0.0743. The Hall–Kier alpha value is -0.770. The minimum Gasteiger partial charge on any atom is -0.457 e. The van der Waals surface area contributed by atoms with Gasteiger partial charge in [-0.3, -0.25) is 4.79 Å². The zero-order chi connectivity index (χ0) is 12.4. The molecule has 0 unspecified atom stereocenters. The maximum atomic E-state index is 12.0. The molecule has 2 aromatic rings. The van der Waals surface area contributed by atoms with Crippen LogP contribution in [0.15, 0.2) is 39.6 Å². The monoisotopic (exact) mass is 332 g/mol. The molecule has 0 N–H and O–H groups in total. The number of carbonyl (C=O) groups is 1. The van der Waals surface area contributed by atoms with E-state index in [1.54, 1.807) is 24.3 Å². The smallest absolute Gasteiger partial charge is 0.179 e. The number of benzene rings is 1. The quantitative estimate of drug-likeness (QED) is 0.757. The zero-order valence-corrected chi connectivity index (χ0v) is 11.6. The summed E-state index contributed by atoms with van der Waals surface area (Å²) in [6, 6.07) is 6.67. The standard InChI is InChI=1S/C12H7BrCl2O2/c13-12-9(3-4-17-12)11(16)6-7-5-8(14)1-2-10(7)15/h1-5H,6H2. The van der Waals surface area contributed by atoms with Crippen LogP contribution in [0.25, 0.3) is 0 Å². The molecule has 0 aliphatic carbocycles. The molecule has 88 valence electrons. The maximum absolute atomic E-state index is 12.0. The van der Waals surface area contributed by atoms with Crippen molar-refractivity contribution in [3.8, 4) is 0 Å². The highest BCUT2D eigenvalue weighted by Gasteiger charge is 2.14. The van der Waals surface area contributed by atoms with Crippen LogP contribution < -0.4 is 0 Å². The molecular weight excluding hydrogens is 327 g/mol. The summed E-state index contributed by atoms with van der Waals surface area (Å²) in [7, 11) is 0. The van der Waals surface area contributed by atoms with Gasteiger partial charge in [-0.15, -0.1) is 0 Å². The van der Waals surface area contributed by atoms with Gasteiger partial charge in [-0.1, -0.05) is 23.2 Å². The van der Waals surface area contributed by atoms with Crippen molar-refractivity contribution in [3.63, 3.8) is 0 Å². The Bertz CT molecular complexity index is 563. The van der Waals surface area contributed by atoms with Crippen LogP contribution in [0.5, 0.6) is 0 Å². The molecule has 0 radical (unpaired) electrons. The highest BCUT2D eigenvalue weighted by molar-refractivity contribution is 9.10. The van der Waals surface area contributed by atoms with Crippen LogP contribution in [-0.2, 0) is 6.42 Å². The molecule has 1 aromatic heterocycles. The van der Waals surface area contributed by atoms with Crippen molar-refractivity contribution >= 4 is 44.9 Å². The summed E-state index contributed by atoms with van der Waals surface area (Å²) >= 11 is 15.0. The van der Waals surface area contributed by atoms with Crippen LogP contribution in [0, 0.1) is 0 Å². The zero-order valence-electron chi connectivity index (χ0n) is 8.54. The van der Waals surface area contributed by atoms with E-state index in [1.807, 2.05) is 0 Å². The summed E-state index contributed by atoms with van der Waals surface area (Å²) in [4.78, 5) is 12.0. The molecule has 0 aliphatic rings. The number of rotatable bonds is 3. The molecule has 0 saturated heterocycles. The molecule has 2 rings (SSSR count). The number of furan rings is 1. The molecule has 0 saturated carbocycles. The van der Waals surface area contributed by atoms with E-state index >= 15 is 0 Å². The normalized spacial score (nSPS) is 10.5. The topological polar surface area (TPSA) is 30.2 Å². The largest absolute Gasteiger partial charge is 0.457 e. The number of carbonyl (C=O) groups excluding carboxylic acids is 1. The number of hydrogen-bond acceptors (Lipinski definition) is 2. The molecule has 0 aliphatic heterocycles. The lowest BCUT2D eigenvalue weighted by Gasteiger charge is -2.03. The Morgan fingerprint density at radius 1 is 1.29 bits per heavy atom. The highest BCUT2D eigenvalue weighted by Crippen LogP contribution is 2.24. The van der Waals surface area contributed by atoms with Gasteiger partial charge < -0.3 is 4.42 Å². The molecule has 0 fully saturated rings. The molecule has 0 bridgehead atoms. The summed E-state index contributed by atoms with van der Waals surface area (Å²) in [6.07, 6.45) is 1.65. The number of hydrogen-bond donors (Lipinski definition) is 0. The van der Waals surface area contributed by atoms with Crippen molar-refractivity contribution in [1.82, 2.24) is 0 Å². The van der Waals surface area contributed by atoms with Crippen molar-refractivity contribution in [2.75, 3.05) is 0 Å². The van der Waals surface area contributed by atoms with Gasteiger partial charge >= 0.3 is 0 Å². The van der Waals surface area contributed by atoms with Crippen LogP contribution >= 0.6 is 39.1 Å². The molecule has 2 nitrogen and oxygen atoms in total. The Morgan fingerprint density at radius 2 is 2.06 bits per heavy atom. The van der Waals surface area contributed by atoms with Crippen molar-refractivity contribution in [3.05, 3.63) is 56.4 Å². The minimum atomic E-state index is -0.0743. The molecule has 1 heterocycles. The number of ketones is 1. The molecule has 0 atom stereocenters. The molecule has 0 spiro atoms. The Kier molecular flexibility index (Phi) is 3.92. The fourth-order valence-corrected chi connectivity index (χ4v) is 2.28. The van der Waals surface area contributed by atoms with Gasteiger partial charge in [0, 0.05) is 16.5 Å². The fraction of sp³-hybridized carbons (Fsp3) is 0.0833. The van der Waals surface area contributed by atoms with Gasteiger partial charge in [0.05, 0.1) is 11.8 Å². The van der Waals surface area contributed by atoms with E-state index in [1.165, 1.54) is 6.26 Å². The predicted octanol–water partition coefficient (Wildman–Crippen LogP) is 4.77. The van der Waals surface area contributed by atoms with Crippen LogP contribution in [0.2, 0.25) is 10.0 Å². The van der Waals surface area contributed by atoms with Gasteiger partial charge in [0.15, 0.2) is 10.5 Å². The first kappa shape index (κ1) is 12.7. The van der Waals surface area contributed by atoms with Crippen molar-refractivity contribution in [2.24, 2.45) is 0 Å². The van der Waals surface area contributed by atoms with E-state index in [-0.39, 0.29) is 12.2 Å². The van der Waals surface area contributed by atoms with E-state index in [2.05, 4.69) is 15.9 Å². The van der Waals surface area contributed by atoms with Crippen LogP contribution in [-0.4, -0.2) is 5.78 Å². The van der Waals surface area contributed by atoms with Gasteiger partial charge in [0.1, 0.15) is 0 Å². The summed E-state index contributed by atoms with van der Waals surface area (Å²) in [5.41, 5.74) is 1.21. The molecule has 0 amide bonds. The third-order valence-corrected chi connectivity index (χ3v) is 3.50. The second kappa shape index (κ2) is 5.25. The number of Topliss-reactive ketones (excluding diaryl/α,β-unsaturated/α-hetero) is 1. The highest BCUT2D eigenvalue weighted by atomic mass is 79.9. The van der Waals surface area contributed by atoms with Crippen molar-refractivity contribution in [2.45, 2.75) is 6.42 Å². The molecule has 1 aromatic carbocycles. The average molecular weight is 334 g/mol. The van der Waals surface area contributed by atoms with E-state index in [4.69, 9.17) is 27.6 Å². The van der Waals surface area contributed by atoms with Crippen molar-refractivity contribution in [1.29, 1.82) is 0 Å². The second-order valence-corrected chi connectivity index (χ2v) is 5.01. The van der Waals surface area contributed by atoms with Gasteiger partial charge in [0.25, 0.3) is 0 Å². The summed E-state index contributed by atoms with van der Waals surface area (Å²) in [6.45, 7) is 0. The third-order valence-electron chi connectivity index (χ3n) is 2.28. The van der Waals surface area contributed by atoms with Gasteiger partial charge in [-0.2, -0.15) is 0 Å². The van der Waals surface area contributed by atoms with Gasteiger partial charge in [-0.25, -0.2) is 0 Å².